The van der Waals surface area contributed by atoms with Crippen LogP contribution in [0.3, 0.4) is 0 Å². The Hall–Kier alpha value is -1.93. The number of fused-ring (bicyclic) bond motifs is 1. The summed E-state index contributed by atoms with van der Waals surface area (Å²) in [5.41, 5.74) is 1.59. The molecule has 0 aliphatic carbocycles. The van der Waals surface area contributed by atoms with Gasteiger partial charge in [0.2, 0.25) is 0 Å². The molecule has 2 heterocycles. The summed E-state index contributed by atoms with van der Waals surface area (Å²) in [6, 6.07) is 7.53. The lowest BCUT2D eigenvalue weighted by molar-refractivity contribution is 0.0691. The largest absolute Gasteiger partial charge is 0.497 e. The Morgan fingerprint density at radius 1 is 1.43 bits per heavy atom. The van der Waals surface area contributed by atoms with Crippen molar-refractivity contribution in [3.05, 3.63) is 39.4 Å². The van der Waals surface area contributed by atoms with Gasteiger partial charge in [0.25, 0.3) is 0 Å². The fraction of sp³-hybridized carbons (Fsp3) is 0.154. The number of hydrogen-bond acceptors (Lipinski definition) is 5. The van der Waals surface area contributed by atoms with Gasteiger partial charge in [-0.2, -0.15) is 5.10 Å². The first-order valence-electron chi connectivity index (χ1n) is 5.97. The molecule has 3 rings (SSSR count). The summed E-state index contributed by atoms with van der Waals surface area (Å²) in [5.74, 6) is -0.281. The number of carbonyl (C=O) groups is 1. The third kappa shape index (κ3) is 2.64. The van der Waals surface area contributed by atoms with E-state index in [0.717, 1.165) is 11.3 Å². The van der Waals surface area contributed by atoms with Crippen LogP contribution in [0.1, 0.15) is 16.1 Å². The molecule has 0 atom stereocenters. The predicted octanol–water partition coefficient (Wildman–Crippen LogP) is 3.01. The van der Waals surface area contributed by atoms with Crippen molar-refractivity contribution in [2.45, 2.75) is 6.54 Å². The fourth-order valence-corrected chi connectivity index (χ4v) is 3.40. The highest BCUT2D eigenvalue weighted by Gasteiger charge is 2.20. The van der Waals surface area contributed by atoms with E-state index < -0.39 is 5.97 Å². The van der Waals surface area contributed by atoms with Gasteiger partial charge in [-0.1, -0.05) is 12.1 Å². The third-order valence-corrected chi connectivity index (χ3v) is 4.46. The van der Waals surface area contributed by atoms with Crippen LogP contribution in [0.25, 0.3) is 10.3 Å². The maximum absolute atomic E-state index is 11.2. The number of aromatic carboxylic acids is 1. The van der Waals surface area contributed by atoms with Crippen molar-refractivity contribution < 1.29 is 14.6 Å². The molecule has 2 aromatic heterocycles. The maximum atomic E-state index is 11.2. The van der Waals surface area contributed by atoms with Gasteiger partial charge in [0.05, 0.1) is 13.7 Å². The Kier molecular flexibility index (Phi) is 3.64. The average Bonchev–Trinajstić information content (AvgIpc) is 2.98. The van der Waals surface area contributed by atoms with Crippen LogP contribution in [0, 0.1) is 0 Å². The number of benzene rings is 1. The van der Waals surface area contributed by atoms with Gasteiger partial charge in [-0.25, -0.2) is 14.5 Å². The van der Waals surface area contributed by atoms with E-state index in [4.69, 9.17) is 4.74 Å². The van der Waals surface area contributed by atoms with E-state index in [1.807, 2.05) is 24.3 Å². The highest BCUT2D eigenvalue weighted by molar-refractivity contribution is 9.11. The summed E-state index contributed by atoms with van der Waals surface area (Å²) < 4.78 is 7.92. The van der Waals surface area contributed by atoms with Gasteiger partial charge in [-0.15, -0.1) is 11.3 Å². The van der Waals surface area contributed by atoms with Crippen molar-refractivity contribution in [1.82, 2.24) is 14.8 Å². The minimum absolute atomic E-state index is 0.0294. The molecule has 1 N–H and O–H groups in total. The summed E-state index contributed by atoms with van der Waals surface area (Å²) in [7, 11) is 1.61. The van der Waals surface area contributed by atoms with Crippen LogP contribution in [0.2, 0.25) is 0 Å². The Bertz CT molecular complexity index is 810. The molecule has 0 amide bonds. The van der Waals surface area contributed by atoms with Gasteiger partial charge in [0.15, 0.2) is 15.3 Å². The van der Waals surface area contributed by atoms with Crippen molar-refractivity contribution in [1.29, 1.82) is 0 Å². The van der Waals surface area contributed by atoms with E-state index in [-0.39, 0.29) is 5.69 Å². The molecule has 1 aromatic carbocycles. The second kappa shape index (κ2) is 5.45. The molecule has 0 spiro atoms. The monoisotopic (exact) mass is 367 g/mol. The van der Waals surface area contributed by atoms with E-state index >= 15 is 0 Å². The summed E-state index contributed by atoms with van der Waals surface area (Å²) in [6.07, 6.45) is 0. The Morgan fingerprint density at radius 3 is 2.76 bits per heavy atom. The van der Waals surface area contributed by atoms with Gasteiger partial charge in [-0.05, 0) is 33.6 Å². The number of carboxylic acids is 1. The Balaban J connectivity index is 2.01. The van der Waals surface area contributed by atoms with Crippen LogP contribution in [0.5, 0.6) is 5.75 Å². The predicted molar refractivity (Wildman–Crippen MR) is 82.2 cm³/mol. The molecule has 0 fully saturated rings. The number of aromatic nitrogens is 3. The van der Waals surface area contributed by atoms with Crippen molar-refractivity contribution >= 4 is 43.6 Å². The first-order chi connectivity index (χ1) is 10.1. The normalized spacial score (nSPS) is 11.0. The molecule has 0 unspecified atom stereocenters. The molecule has 0 bridgehead atoms. The van der Waals surface area contributed by atoms with Crippen molar-refractivity contribution in [2.24, 2.45) is 0 Å². The maximum Gasteiger partial charge on any atom is 0.357 e. The molecule has 6 nitrogen and oxygen atoms in total. The minimum atomic E-state index is -1.05. The van der Waals surface area contributed by atoms with Crippen LogP contribution < -0.4 is 4.74 Å². The topological polar surface area (TPSA) is 77.2 Å². The molecule has 108 valence electrons. The van der Waals surface area contributed by atoms with Gasteiger partial charge >= 0.3 is 5.97 Å². The third-order valence-electron chi connectivity index (χ3n) is 2.96. The lowest BCUT2D eigenvalue weighted by Crippen LogP contribution is -2.05. The van der Waals surface area contributed by atoms with Crippen molar-refractivity contribution in [3.8, 4) is 5.75 Å². The van der Waals surface area contributed by atoms with E-state index in [2.05, 4.69) is 26.0 Å². The quantitative estimate of drug-likeness (QED) is 0.766. The average molecular weight is 368 g/mol. The number of rotatable bonds is 4. The Morgan fingerprint density at radius 2 is 2.14 bits per heavy atom. The van der Waals surface area contributed by atoms with Gasteiger partial charge in [0, 0.05) is 0 Å². The lowest BCUT2D eigenvalue weighted by Gasteiger charge is -2.04. The number of thiazole rings is 1. The molecular formula is C13H10BrN3O3S. The zero-order chi connectivity index (χ0) is 15.0. The van der Waals surface area contributed by atoms with Gasteiger partial charge in [0.1, 0.15) is 10.4 Å². The number of hydrogen-bond donors (Lipinski definition) is 1. The van der Waals surface area contributed by atoms with E-state index in [9.17, 15) is 9.90 Å². The van der Waals surface area contributed by atoms with Gasteiger partial charge in [-0.3, -0.25) is 0 Å². The standard InChI is InChI=1S/C13H10BrN3O3S/c1-20-8-4-2-7(3-5-8)6-17-11-10(21-13(14)15-11)9(16-17)12(18)19/h2-5H,6H2,1H3,(H,18,19). The van der Waals surface area contributed by atoms with Gasteiger partial charge < -0.3 is 9.84 Å². The summed E-state index contributed by atoms with van der Waals surface area (Å²) in [4.78, 5) is 15.5. The molecule has 0 aliphatic rings. The second-order valence-corrected chi connectivity index (χ2v) is 6.55. The fourth-order valence-electron chi connectivity index (χ4n) is 1.98. The summed E-state index contributed by atoms with van der Waals surface area (Å²) in [6.45, 7) is 0.448. The smallest absolute Gasteiger partial charge is 0.357 e. The summed E-state index contributed by atoms with van der Waals surface area (Å²) in [5, 5.41) is 13.4. The summed E-state index contributed by atoms with van der Waals surface area (Å²) >= 11 is 4.55. The molecule has 0 saturated carbocycles. The number of ether oxygens (including phenoxy) is 1. The first-order valence-corrected chi connectivity index (χ1v) is 7.58. The Labute approximate surface area is 132 Å². The SMILES string of the molecule is COc1ccc(Cn2nc(C(=O)O)c3sc(Br)nc32)cc1. The van der Waals surface area contributed by atoms with E-state index in [0.29, 0.717) is 20.8 Å². The van der Waals surface area contributed by atoms with Crippen LogP contribution >= 0.6 is 27.3 Å². The van der Waals surface area contributed by atoms with E-state index in [1.54, 1.807) is 11.8 Å². The zero-order valence-corrected chi connectivity index (χ0v) is 13.3. The van der Waals surface area contributed by atoms with Crippen LogP contribution in [-0.4, -0.2) is 33.0 Å². The molecule has 0 saturated heterocycles. The lowest BCUT2D eigenvalue weighted by atomic mass is 10.2. The molecule has 0 aliphatic heterocycles. The number of methoxy groups -OCH3 is 1. The van der Waals surface area contributed by atoms with E-state index in [1.165, 1.54) is 11.3 Å². The molecule has 21 heavy (non-hydrogen) atoms. The van der Waals surface area contributed by atoms with Crippen LogP contribution in [0.15, 0.2) is 28.2 Å². The number of halogens is 1. The van der Waals surface area contributed by atoms with Crippen LogP contribution in [0.4, 0.5) is 0 Å². The molecule has 0 radical (unpaired) electrons. The minimum Gasteiger partial charge on any atom is -0.497 e. The van der Waals surface area contributed by atoms with Crippen LogP contribution in [-0.2, 0) is 6.54 Å². The van der Waals surface area contributed by atoms with Crippen molar-refractivity contribution in [3.63, 3.8) is 0 Å². The molecular weight excluding hydrogens is 358 g/mol. The number of carboxylic acid groups (broad SMARTS) is 1. The number of nitrogens with zero attached hydrogens (tertiary/aromatic N) is 3. The highest BCUT2D eigenvalue weighted by Crippen LogP contribution is 2.29. The first kappa shape index (κ1) is 14.0. The zero-order valence-electron chi connectivity index (χ0n) is 10.9. The van der Waals surface area contributed by atoms with Crippen molar-refractivity contribution in [2.75, 3.05) is 7.11 Å². The highest BCUT2D eigenvalue weighted by atomic mass is 79.9. The second-order valence-electron chi connectivity index (χ2n) is 4.28. The molecule has 3 aromatic rings. The molecule has 8 heteroatoms.